The zero-order valence-electron chi connectivity index (χ0n) is 14.6. The van der Waals surface area contributed by atoms with Gasteiger partial charge in [-0.15, -0.1) is 0 Å². The SMILES string of the molecule is CC(C)c1noc(CN2CCN(C(=O)CN3CCOCC3)CC2)n1. The first kappa shape index (κ1) is 17.3. The van der Waals surface area contributed by atoms with Gasteiger partial charge >= 0.3 is 0 Å². The second-order valence-electron chi connectivity index (χ2n) is 6.75. The molecule has 0 spiro atoms. The van der Waals surface area contributed by atoms with Crippen molar-refractivity contribution in [3.63, 3.8) is 0 Å². The highest BCUT2D eigenvalue weighted by atomic mass is 16.5. The number of hydrogen-bond acceptors (Lipinski definition) is 7. The predicted octanol–water partition coefficient (Wildman–Crippen LogP) is 0.169. The molecule has 0 bridgehead atoms. The van der Waals surface area contributed by atoms with E-state index in [0.29, 0.717) is 19.0 Å². The summed E-state index contributed by atoms with van der Waals surface area (Å²) in [4.78, 5) is 23.2. The Hall–Kier alpha value is -1.51. The fourth-order valence-electron chi connectivity index (χ4n) is 2.96. The Bertz CT molecular complexity index is 534. The minimum absolute atomic E-state index is 0.219. The van der Waals surface area contributed by atoms with Gasteiger partial charge < -0.3 is 14.2 Å². The van der Waals surface area contributed by atoms with Gasteiger partial charge in [0.25, 0.3) is 0 Å². The third-order valence-electron chi connectivity index (χ3n) is 4.55. The average molecular weight is 337 g/mol. The zero-order valence-corrected chi connectivity index (χ0v) is 14.6. The maximum Gasteiger partial charge on any atom is 0.240 e. The van der Waals surface area contributed by atoms with E-state index in [4.69, 9.17) is 9.26 Å². The molecule has 0 N–H and O–H groups in total. The van der Waals surface area contributed by atoms with Crippen molar-refractivity contribution in [2.45, 2.75) is 26.3 Å². The van der Waals surface area contributed by atoms with E-state index in [0.717, 1.165) is 58.3 Å². The molecule has 3 rings (SSSR count). The minimum atomic E-state index is 0.219. The number of morpholine rings is 1. The number of hydrogen-bond donors (Lipinski definition) is 0. The number of amides is 1. The molecule has 0 radical (unpaired) electrons. The van der Waals surface area contributed by atoms with Crippen molar-refractivity contribution >= 4 is 5.91 Å². The van der Waals surface area contributed by atoms with Crippen LogP contribution in [-0.4, -0.2) is 89.8 Å². The van der Waals surface area contributed by atoms with Crippen LogP contribution in [0, 0.1) is 0 Å². The van der Waals surface area contributed by atoms with Crippen LogP contribution in [0.25, 0.3) is 0 Å². The molecule has 0 aromatic carbocycles. The van der Waals surface area contributed by atoms with Crippen molar-refractivity contribution in [3.05, 3.63) is 11.7 Å². The summed E-state index contributed by atoms with van der Waals surface area (Å²) in [6.07, 6.45) is 0. The first-order chi connectivity index (χ1) is 11.6. The summed E-state index contributed by atoms with van der Waals surface area (Å²) < 4.78 is 10.6. The van der Waals surface area contributed by atoms with Gasteiger partial charge in [-0.3, -0.25) is 14.6 Å². The van der Waals surface area contributed by atoms with Crippen LogP contribution in [0.15, 0.2) is 4.52 Å². The van der Waals surface area contributed by atoms with Crippen molar-refractivity contribution < 1.29 is 14.1 Å². The Labute approximate surface area is 142 Å². The molecule has 2 aliphatic heterocycles. The summed E-state index contributed by atoms with van der Waals surface area (Å²) >= 11 is 0. The van der Waals surface area contributed by atoms with E-state index in [2.05, 4.69) is 19.9 Å². The van der Waals surface area contributed by atoms with Crippen LogP contribution in [0.5, 0.6) is 0 Å². The number of piperazine rings is 1. The van der Waals surface area contributed by atoms with Crippen LogP contribution in [0.1, 0.15) is 31.5 Å². The third kappa shape index (κ3) is 4.52. The number of aromatic nitrogens is 2. The topological polar surface area (TPSA) is 74.9 Å². The quantitative estimate of drug-likeness (QED) is 0.758. The van der Waals surface area contributed by atoms with Crippen LogP contribution in [0.4, 0.5) is 0 Å². The van der Waals surface area contributed by atoms with Gasteiger partial charge in [0.2, 0.25) is 11.8 Å². The van der Waals surface area contributed by atoms with Gasteiger partial charge in [-0.2, -0.15) is 4.98 Å². The number of carbonyl (C=O) groups excluding carboxylic acids is 1. The molecule has 0 unspecified atom stereocenters. The summed E-state index contributed by atoms with van der Waals surface area (Å²) in [6, 6.07) is 0. The van der Waals surface area contributed by atoms with Gasteiger partial charge in [-0.05, 0) is 0 Å². The Morgan fingerprint density at radius 3 is 2.42 bits per heavy atom. The summed E-state index contributed by atoms with van der Waals surface area (Å²) in [5, 5.41) is 4.00. The number of ether oxygens (including phenoxy) is 1. The van der Waals surface area contributed by atoms with Gasteiger partial charge in [0, 0.05) is 45.2 Å². The molecule has 24 heavy (non-hydrogen) atoms. The molecule has 1 aromatic heterocycles. The van der Waals surface area contributed by atoms with E-state index in [1.807, 2.05) is 18.7 Å². The smallest absolute Gasteiger partial charge is 0.240 e. The first-order valence-electron chi connectivity index (χ1n) is 8.74. The molecule has 134 valence electrons. The van der Waals surface area contributed by atoms with E-state index in [9.17, 15) is 4.79 Å². The molecule has 2 saturated heterocycles. The van der Waals surface area contributed by atoms with Crippen LogP contribution < -0.4 is 0 Å². The maximum atomic E-state index is 12.4. The molecule has 1 amide bonds. The lowest BCUT2D eigenvalue weighted by Gasteiger charge is -2.35. The lowest BCUT2D eigenvalue weighted by molar-refractivity contribution is -0.135. The molecule has 8 heteroatoms. The van der Waals surface area contributed by atoms with E-state index < -0.39 is 0 Å². The lowest BCUT2D eigenvalue weighted by atomic mass is 10.2. The number of carbonyl (C=O) groups is 1. The first-order valence-corrected chi connectivity index (χ1v) is 8.74. The highest BCUT2D eigenvalue weighted by Crippen LogP contribution is 2.12. The van der Waals surface area contributed by atoms with Gasteiger partial charge in [-0.1, -0.05) is 19.0 Å². The zero-order chi connectivity index (χ0) is 16.9. The monoisotopic (exact) mass is 337 g/mol. The van der Waals surface area contributed by atoms with Gasteiger partial charge in [0.1, 0.15) is 0 Å². The maximum absolute atomic E-state index is 12.4. The Kier molecular flexibility index (Phi) is 5.80. The molecular formula is C16H27N5O3. The lowest BCUT2D eigenvalue weighted by Crippen LogP contribution is -2.52. The minimum Gasteiger partial charge on any atom is -0.379 e. The fourth-order valence-corrected chi connectivity index (χ4v) is 2.96. The molecule has 2 aliphatic rings. The summed E-state index contributed by atoms with van der Waals surface area (Å²) in [5.41, 5.74) is 0. The van der Waals surface area contributed by atoms with Crippen molar-refractivity contribution in [1.82, 2.24) is 24.8 Å². The van der Waals surface area contributed by atoms with Crippen molar-refractivity contribution in [1.29, 1.82) is 0 Å². The Morgan fingerprint density at radius 2 is 1.79 bits per heavy atom. The normalized spacial score (nSPS) is 20.7. The van der Waals surface area contributed by atoms with E-state index in [-0.39, 0.29) is 11.8 Å². The van der Waals surface area contributed by atoms with Crippen LogP contribution in [-0.2, 0) is 16.1 Å². The van der Waals surface area contributed by atoms with Gasteiger partial charge in [-0.25, -0.2) is 0 Å². The van der Waals surface area contributed by atoms with Crippen molar-refractivity contribution in [2.24, 2.45) is 0 Å². The van der Waals surface area contributed by atoms with Crippen LogP contribution in [0.2, 0.25) is 0 Å². The van der Waals surface area contributed by atoms with Gasteiger partial charge in [0.15, 0.2) is 5.82 Å². The third-order valence-corrected chi connectivity index (χ3v) is 4.55. The van der Waals surface area contributed by atoms with Crippen molar-refractivity contribution in [3.8, 4) is 0 Å². The van der Waals surface area contributed by atoms with E-state index >= 15 is 0 Å². The molecule has 3 heterocycles. The standard InChI is InChI=1S/C16H27N5O3/c1-13(2)16-17-14(24-18-16)11-19-3-5-21(6-4-19)15(22)12-20-7-9-23-10-8-20/h13H,3-12H2,1-2H3. The van der Waals surface area contributed by atoms with Crippen LogP contribution >= 0.6 is 0 Å². The molecule has 0 atom stereocenters. The molecule has 0 aliphatic carbocycles. The molecule has 1 aromatic rings. The Balaban J connectivity index is 1.42. The van der Waals surface area contributed by atoms with Crippen LogP contribution in [0.3, 0.4) is 0 Å². The molecular weight excluding hydrogens is 310 g/mol. The average Bonchev–Trinajstić information content (AvgIpc) is 3.05. The van der Waals surface area contributed by atoms with E-state index in [1.54, 1.807) is 0 Å². The highest BCUT2D eigenvalue weighted by Gasteiger charge is 2.24. The number of rotatable bonds is 5. The van der Waals surface area contributed by atoms with Gasteiger partial charge in [0.05, 0.1) is 26.3 Å². The largest absolute Gasteiger partial charge is 0.379 e. The fraction of sp³-hybridized carbons (Fsp3) is 0.812. The predicted molar refractivity (Wildman–Crippen MR) is 87.5 cm³/mol. The molecule has 8 nitrogen and oxygen atoms in total. The van der Waals surface area contributed by atoms with E-state index in [1.165, 1.54) is 0 Å². The molecule has 0 saturated carbocycles. The summed E-state index contributed by atoms with van der Waals surface area (Å²) in [6.45, 7) is 11.6. The second kappa shape index (κ2) is 8.04. The summed E-state index contributed by atoms with van der Waals surface area (Å²) in [5.74, 6) is 1.91. The highest BCUT2D eigenvalue weighted by molar-refractivity contribution is 5.78. The molecule has 2 fully saturated rings. The second-order valence-corrected chi connectivity index (χ2v) is 6.75. The number of nitrogens with zero attached hydrogens (tertiary/aromatic N) is 5. The summed E-state index contributed by atoms with van der Waals surface area (Å²) in [7, 11) is 0. The van der Waals surface area contributed by atoms with Crippen molar-refractivity contribution in [2.75, 3.05) is 59.0 Å². The Morgan fingerprint density at radius 1 is 1.08 bits per heavy atom.